The van der Waals surface area contributed by atoms with Crippen LogP contribution in [0.4, 0.5) is 4.39 Å². The first-order valence-corrected chi connectivity index (χ1v) is 5.63. The molecule has 1 aromatic rings. The van der Waals surface area contributed by atoms with Crippen LogP contribution in [-0.4, -0.2) is 23.4 Å². The molecule has 1 aliphatic rings. The maximum absolute atomic E-state index is 12.8. The number of ketones is 1. The lowest BCUT2D eigenvalue weighted by Gasteiger charge is -2.10. The number of nitrogens with zero attached hydrogens (tertiary/aromatic N) is 1. The average Bonchev–Trinajstić information content (AvgIpc) is 2.78. The molecule has 86 valence electrons. The van der Waals surface area contributed by atoms with Crippen LogP contribution in [-0.2, 0) is 0 Å². The maximum atomic E-state index is 12.8. The summed E-state index contributed by atoms with van der Waals surface area (Å²) in [6.07, 6.45) is 7.23. The molecule has 0 unspecified atom stereocenters. The summed E-state index contributed by atoms with van der Waals surface area (Å²) in [6.45, 7) is 0.274. The van der Waals surface area contributed by atoms with E-state index in [2.05, 4.69) is 10.3 Å². The highest BCUT2D eigenvalue weighted by molar-refractivity contribution is 5.97. The van der Waals surface area contributed by atoms with Gasteiger partial charge in [0, 0.05) is 17.8 Å². The summed E-state index contributed by atoms with van der Waals surface area (Å²) in [5.74, 6) is -0.564. The number of hydrogen-bond acceptors (Lipinski definition) is 3. The van der Waals surface area contributed by atoms with Crippen molar-refractivity contribution in [2.24, 2.45) is 0 Å². The van der Waals surface area contributed by atoms with Crippen LogP contribution in [0.3, 0.4) is 0 Å². The van der Waals surface area contributed by atoms with Gasteiger partial charge in [-0.25, -0.2) is 4.39 Å². The highest BCUT2D eigenvalue weighted by Crippen LogP contribution is 2.17. The summed E-state index contributed by atoms with van der Waals surface area (Å²) in [4.78, 5) is 15.3. The SMILES string of the molecule is O=C(CNC1CCCC1)c1cncc(F)c1. The molecule has 0 bridgehead atoms. The maximum Gasteiger partial charge on any atom is 0.178 e. The van der Waals surface area contributed by atoms with Crippen LogP contribution in [0.25, 0.3) is 0 Å². The Kier molecular flexibility index (Phi) is 3.62. The van der Waals surface area contributed by atoms with Gasteiger partial charge in [-0.15, -0.1) is 0 Å². The van der Waals surface area contributed by atoms with E-state index in [4.69, 9.17) is 0 Å². The van der Waals surface area contributed by atoms with Crippen molar-refractivity contribution in [2.45, 2.75) is 31.7 Å². The van der Waals surface area contributed by atoms with E-state index >= 15 is 0 Å². The van der Waals surface area contributed by atoms with Crippen LogP contribution in [0.1, 0.15) is 36.0 Å². The van der Waals surface area contributed by atoms with Gasteiger partial charge in [0.25, 0.3) is 0 Å². The average molecular weight is 222 g/mol. The molecule has 0 radical (unpaired) electrons. The fourth-order valence-corrected chi connectivity index (χ4v) is 2.03. The molecule has 16 heavy (non-hydrogen) atoms. The monoisotopic (exact) mass is 222 g/mol. The van der Waals surface area contributed by atoms with Crippen molar-refractivity contribution in [1.29, 1.82) is 0 Å². The van der Waals surface area contributed by atoms with Crippen LogP contribution < -0.4 is 5.32 Å². The molecule has 0 aromatic carbocycles. The number of aromatic nitrogens is 1. The summed E-state index contributed by atoms with van der Waals surface area (Å²) in [6, 6.07) is 1.68. The molecule has 0 amide bonds. The number of hydrogen-bond donors (Lipinski definition) is 1. The molecule has 0 aliphatic heterocycles. The Morgan fingerprint density at radius 2 is 2.19 bits per heavy atom. The van der Waals surface area contributed by atoms with Crippen molar-refractivity contribution < 1.29 is 9.18 Å². The zero-order valence-corrected chi connectivity index (χ0v) is 9.08. The molecule has 0 spiro atoms. The first-order chi connectivity index (χ1) is 7.75. The van der Waals surface area contributed by atoms with E-state index in [0.717, 1.165) is 19.0 Å². The molecule has 4 heteroatoms. The lowest BCUT2D eigenvalue weighted by molar-refractivity contribution is 0.0986. The summed E-state index contributed by atoms with van der Waals surface area (Å²) in [5, 5.41) is 3.20. The molecule has 0 atom stereocenters. The molecule has 2 rings (SSSR count). The van der Waals surface area contributed by atoms with E-state index < -0.39 is 5.82 Å². The third-order valence-corrected chi connectivity index (χ3v) is 2.93. The number of Topliss-reactive ketones (excluding diaryl/α,β-unsaturated/α-hetero) is 1. The van der Waals surface area contributed by atoms with Crippen molar-refractivity contribution in [3.63, 3.8) is 0 Å². The topological polar surface area (TPSA) is 42.0 Å². The highest BCUT2D eigenvalue weighted by Gasteiger charge is 2.16. The molecule has 1 saturated carbocycles. The van der Waals surface area contributed by atoms with E-state index in [1.165, 1.54) is 25.1 Å². The number of carbonyl (C=O) groups excluding carboxylic acids is 1. The largest absolute Gasteiger partial charge is 0.307 e. The predicted molar refractivity (Wildman–Crippen MR) is 58.8 cm³/mol. The number of rotatable bonds is 4. The predicted octanol–water partition coefficient (Wildman–Crippen LogP) is 1.94. The summed E-state index contributed by atoms with van der Waals surface area (Å²) in [7, 11) is 0. The minimum atomic E-state index is -0.466. The summed E-state index contributed by atoms with van der Waals surface area (Å²) < 4.78 is 12.8. The van der Waals surface area contributed by atoms with Gasteiger partial charge in [0.15, 0.2) is 5.78 Å². The van der Waals surface area contributed by atoms with Gasteiger partial charge in [0.1, 0.15) is 5.82 Å². The molecular formula is C12H15FN2O. The molecule has 1 aromatic heterocycles. The van der Waals surface area contributed by atoms with Gasteiger partial charge in [-0.1, -0.05) is 12.8 Å². The number of carbonyl (C=O) groups is 1. The van der Waals surface area contributed by atoms with Gasteiger partial charge >= 0.3 is 0 Å². The molecule has 1 N–H and O–H groups in total. The van der Waals surface area contributed by atoms with E-state index in [9.17, 15) is 9.18 Å². The van der Waals surface area contributed by atoms with Gasteiger partial charge in [-0.3, -0.25) is 9.78 Å². The van der Waals surface area contributed by atoms with Gasteiger partial charge in [0.05, 0.1) is 12.7 Å². The van der Waals surface area contributed by atoms with Crippen LogP contribution in [0.5, 0.6) is 0 Å². The molecule has 1 aliphatic carbocycles. The highest BCUT2D eigenvalue weighted by atomic mass is 19.1. The second-order valence-corrected chi connectivity index (χ2v) is 4.18. The number of pyridine rings is 1. The Morgan fingerprint density at radius 1 is 1.44 bits per heavy atom. The van der Waals surface area contributed by atoms with Crippen LogP contribution in [0, 0.1) is 5.82 Å². The Balaban J connectivity index is 1.87. The van der Waals surface area contributed by atoms with Crippen molar-refractivity contribution >= 4 is 5.78 Å². The lowest BCUT2D eigenvalue weighted by Crippen LogP contribution is -2.31. The quantitative estimate of drug-likeness (QED) is 0.791. The van der Waals surface area contributed by atoms with Gasteiger partial charge in [0.2, 0.25) is 0 Å². The third-order valence-electron chi connectivity index (χ3n) is 2.93. The second-order valence-electron chi connectivity index (χ2n) is 4.18. The minimum Gasteiger partial charge on any atom is -0.307 e. The number of nitrogens with one attached hydrogen (secondary N) is 1. The van der Waals surface area contributed by atoms with Crippen molar-refractivity contribution in [3.05, 3.63) is 29.8 Å². The Hall–Kier alpha value is -1.29. The van der Waals surface area contributed by atoms with Crippen molar-refractivity contribution in [2.75, 3.05) is 6.54 Å². The number of halogens is 1. The molecule has 0 saturated heterocycles. The molecule has 3 nitrogen and oxygen atoms in total. The third kappa shape index (κ3) is 2.85. The smallest absolute Gasteiger partial charge is 0.178 e. The van der Waals surface area contributed by atoms with Crippen molar-refractivity contribution in [1.82, 2.24) is 10.3 Å². The Bertz CT molecular complexity index is 375. The first kappa shape index (κ1) is 11.2. The summed E-state index contributed by atoms with van der Waals surface area (Å²) >= 11 is 0. The fraction of sp³-hybridized carbons (Fsp3) is 0.500. The first-order valence-electron chi connectivity index (χ1n) is 5.63. The van der Waals surface area contributed by atoms with Crippen LogP contribution >= 0.6 is 0 Å². The lowest BCUT2D eigenvalue weighted by atomic mass is 10.1. The summed E-state index contributed by atoms with van der Waals surface area (Å²) in [5.41, 5.74) is 0.338. The van der Waals surface area contributed by atoms with Crippen molar-refractivity contribution in [3.8, 4) is 0 Å². The Labute approximate surface area is 94.1 Å². The van der Waals surface area contributed by atoms with E-state index in [-0.39, 0.29) is 12.3 Å². The minimum absolute atomic E-state index is 0.0982. The zero-order chi connectivity index (χ0) is 11.4. The Morgan fingerprint density at radius 3 is 2.88 bits per heavy atom. The molecule has 1 heterocycles. The molecule has 1 fully saturated rings. The fourth-order valence-electron chi connectivity index (χ4n) is 2.03. The van der Waals surface area contributed by atoms with Crippen LogP contribution in [0.2, 0.25) is 0 Å². The normalized spacial score (nSPS) is 16.6. The van der Waals surface area contributed by atoms with E-state index in [1.54, 1.807) is 0 Å². The van der Waals surface area contributed by atoms with E-state index in [0.29, 0.717) is 11.6 Å². The van der Waals surface area contributed by atoms with Gasteiger partial charge in [-0.05, 0) is 18.9 Å². The van der Waals surface area contributed by atoms with Crippen LogP contribution in [0.15, 0.2) is 18.5 Å². The zero-order valence-electron chi connectivity index (χ0n) is 9.08. The van der Waals surface area contributed by atoms with Gasteiger partial charge < -0.3 is 5.32 Å². The standard InChI is InChI=1S/C12H15FN2O/c13-10-5-9(6-14-7-10)12(16)8-15-11-3-1-2-4-11/h5-7,11,15H,1-4,8H2. The van der Waals surface area contributed by atoms with Gasteiger partial charge in [-0.2, -0.15) is 0 Å². The second kappa shape index (κ2) is 5.16. The molecular weight excluding hydrogens is 207 g/mol. The van der Waals surface area contributed by atoms with E-state index in [1.807, 2.05) is 0 Å².